The zero-order valence-corrected chi connectivity index (χ0v) is 11.5. The van der Waals surface area contributed by atoms with E-state index in [4.69, 9.17) is 10.5 Å². The van der Waals surface area contributed by atoms with Crippen molar-refractivity contribution in [3.63, 3.8) is 0 Å². The molecular weight excluding hydrogens is 210 g/mol. The molecule has 2 nitrogen and oxygen atoms in total. The molecule has 0 aliphatic heterocycles. The minimum atomic E-state index is 0.286. The third-order valence-corrected chi connectivity index (χ3v) is 3.08. The van der Waals surface area contributed by atoms with Crippen molar-refractivity contribution in [3.05, 3.63) is 29.3 Å². The van der Waals surface area contributed by atoms with Gasteiger partial charge in [-0.25, -0.2) is 0 Å². The molecule has 96 valence electrons. The van der Waals surface area contributed by atoms with Crippen molar-refractivity contribution >= 4 is 0 Å². The number of nitrogens with two attached hydrogens (primary N) is 1. The highest BCUT2D eigenvalue weighted by molar-refractivity contribution is 5.38. The van der Waals surface area contributed by atoms with Crippen molar-refractivity contribution in [1.29, 1.82) is 0 Å². The van der Waals surface area contributed by atoms with Gasteiger partial charge in [0.15, 0.2) is 0 Å². The molecular formula is C15H25NO. The van der Waals surface area contributed by atoms with Crippen LogP contribution in [0.15, 0.2) is 18.2 Å². The zero-order chi connectivity index (χ0) is 12.8. The molecule has 1 aromatic rings. The van der Waals surface area contributed by atoms with Gasteiger partial charge >= 0.3 is 0 Å². The molecule has 0 aromatic heterocycles. The fraction of sp³-hybridized carbons (Fsp3) is 0.600. The number of rotatable bonds is 6. The summed E-state index contributed by atoms with van der Waals surface area (Å²) in [5.41, 5.74) is 8.46. The van der Waals surface area contributed by atoms with Gasteiger partial charge < -0.3 is 10.5 Å². The first-order valence-corrected chi connectivity index (χ1v) is 6.47. The maximum Gasteiger partial charge on any atom is 0.122 e. The SMILES string of the molecule is COc1ccc(C(C)C)cc1CCCC(C)N. The highest BCUT2D eigenvalue weighted by Crippen LogP contribution is 2.25. The van der Waals surface area contributed by atoms with Crippen LogP contribution in [0, 0.1) is 0 Å². The van der Waals surface area contributed by atoms with Gasteiger partial charge in [0.1, 0.15) is 5.75 Å². The van der Waals surface area contributed by atoms with Crippen LogP contribution in [0.3, 0.4) is 0 Å². The molecule has 0 aliphatic carbocycles. The maximum atomic E-state index is 5.77. The van der Waals surface area contributed by atoms with Gasteiger partial charge in [-0.15, -0.1) is 0 Å². The number of methoxy groups -OCH3 is 1. The molecule has 1 aromatic carbocycles. The van der Waals surface area contributed by atoms with E-state index in [1.165, 1.54) is 11.1 Å². The lowest BCUT2D eigenvalue weighted by Gasteiger charge is -2.13. The van der Waals surface area contributed by atoms with Crippen molar-refractivity contribution in [3.8, 4) is 5.75 Å². The predicted molar refractivity (Wildman–Crippen MR) is 73.7 cm³/mol. The predicted octanol–water partition coefficient (Wildman–Crippen LogP) is 3.49. The van der Waals surface area contributed by atoms with E-state index in [0.29, 0.717) is 5.92 Å². The summed E-state index contributed by atoms with van der Waals surface area (Å²) >= 11 is 0. The number of aryl methyl sites for hydroxylation is 1. The van der Waals surface area contributed by atoms with Crippen molar-refractivity contribution in [1.82, 2.24) is 0 Å². The first-order chi connectivity index (χ1) is 8.04. The normalized spacial score (nSPS) is 12.8. The molecule has 0 spiro atoms. The highest BCUT2D eigenvalue weighted by Gasteiger charge is 2.07. The Morgan fingerprint density at radius 3 is 2.47 bits per heavy atom. The van der Waals surface area contributed by atoms with Crippen LogP contribution in [0.5, 0.6) is 5.75 Å². The second-order valence-corrected chi connectivity index (χ2v) is 5.10. The van der Waals surface area contributed by atoms with Gasteiger partial charge in [0.05, 0.1) is 7.11 Å². The summed E-state index contributed by atoms with van der Waals surface area (Å²) in [4.78, 5) is 0. The third kappa shape index (κ3) is 4.39. The monoisotopic (exact) mass is 235 g/mol. The lowest BCUT2D eigenvalue weighted by molar-refractivity contribution is 0.408. The third-order valence-electron chi connectivity index (χ3n) is 3.08. The molecule has 0 radical (unpaired) electrons. The van der Waals surface area contributed by atoms with Gasteiger partial charge in [-0.3, -0.25) is 0 Å². The van der Waals surface area contributed by atoms with E-state index >= 15 is 0 Å². The van der Waals surface area contributed by atoms with Crippen molar-refractivity contribution in [2.75, 3.05) is 7.11 Å². The lowest BCUT2D eigenvalue weighted by atomic mass is 9.97. The first kappa shape index (κ1) is 14.0. The molecule has 2 N–H and O–H groups in total. The molecule has 0 aliphatic rings. The topological polar surface area (TPSA) is 35.2 Å². The maximum absolute atomic E-state index is 5.77. The summed E-state index contributed by atoms with van der Waals surface area (Å²) in [5.74, 6) is 1.56. The van der Waals surface area contributed by atoms with Gasteiger partial charge in [-0.2, -0.15) is 0 Å². The summed E-state index contributed by atoms with van der Waals surface area (Å²) in [6.45, 7) is 6.49. The smallest absolute Gasteiger partial charge is 0.122 e. The van der Waals surface area contributed by atoms with Crippen LogP contribution in [0.2, 0.25) is 0 Å². The summed E-state index contributed by atoms with van der Waals surface area (Å²) in [6.07, 6.45) is 3.23. The van der Waals surface area contributed by atoms with Gasteiger partial charge in [0.2, 0.25) is 0 Å². The fourth-order valence-electron chi connectivity index (χ4n) is 1.97. The number of ether oxygens (including phenoxy) is 1. The molecule has 0 bridgehead atoms. The van der Waals surface area contributed by atoms with Crippen LogP contribution in [-0.4, -0.2) is 13.2 Å². The zero-order valence-electron chi connectivity index (χ0n) is 11.5. The highest BCUT2D eigenvalue weighted by atomic mass is 16.5. The number of hydrogen-bond acceptors (Lipinski definition) is 2. The van der Waals surface area contributed by atoms with E-state index in [1.807, 2.05) is 0 Å². The summed E-state index contributed by atoms with van der Waals surface area (Å²) in [6, 6.07) is 6.79. The Kier molecular flexibility index (Phi) is 5.49. The van der Waals surface area contributed by atoms with E-state index in [9.17, 15) is 0 Å². The molecule has 2 heteroatoms. The molecule has 0 heterocycles. The molecule has 1 unspecified atom stereocenters. The first-order valence-electron chi connectivity index (χ1n) is 6.47. The fourth-order valence-corrected chi connectivity index (χ4v) is 1.97. The Bertz CT molecular complexity index is 345. The second-order valence-electron chi connectivity index (χ2n) is 5.10. The number of benzene rings is 1. The summed E-state index contributed by atoms with van der Waals surface area (Å²) < 4.78 is 5.41. The van der Waals surface area contributed by atoms with Crippen molar-refractivity contribution < 1.29 is 4.74 Å². The molecule has 17 heavy (non-hydrogen) atoms. The van der Waals surface area contributed by atoms with E-state index in [2.05, 4.69) is 39.0 Å². The Hall–Kier alpha value is -1.02. The van der Waals surface area contributed by atoms with Crippen molar-refractivity contribution in [2.24, 2.45) is 5.73 Å². The Morgan fingerprint density at radius 1 is 1.24 bits per heavy atom. The van der Waals surface area contributed by atoms with E-state index in [1.54, 1.807) is 7.11 Å². The Balaban J connectivity index is 2.75. The Labute approximate surface area is 105 Å². The van der Waals surface area contributed by atoms with Crippen LogP contribution in [0.1, 0.15) is 50.7 Å². The molecule has 1 atom stereocenters. The van der Waals surface area contributed by atoms with E-state index < -0.39 is 0 Å². The largest absolute Gasteiger partial charge is 0.496 e. The number of hydrogen-bond donors (Lipinski definition) is 1. The molecule has 1 rings (SSSR count). The van der Waals surface area contributed by atoms with Crippen LogP contribution < -0.4 is 10.5 Å². The van der Waals surface area contributed by atoms with Gasteiger partial charge in [-0.05, 0) is 49.3 Å². The van der Waals surface area contributed by atoms with Crippen LogP contribution in [0.4, 0.5) is 0 Å². The minimum Gasteiger partial charge on any atom is -0.496 e. The molecule has 0 saturated heterocycles. The standard InChI is InChI=1S/C15H25NO/c1-11(2)13-8-9-15(17-4)14(10-13)7-5-6-12(3)16/h8-12H,5-7,16H2,1-4H3. The average molecular weight is 235 g/mol. The summed E-state index contributed by atoms with van der Waals surface area (Å²) in [5, 5.41) is 0. The molecule has 0 fully saturated rings. The van der Waals surface area contributed by atoms with Crippen LogP contribution >= 0.6 is 0 Å². The minimum absolute atomic E-state index is 0.286. The summed E-state index contributed by atoms with van der Waals surface area (Å²) in [7, 11) is 1.74. The van der Waals surface area contributed by atoms with Crippen LogP contribution in [-0.2, 0) is 6.42 Å². The van der Waals surface area contributed by atoms with E-state index in [-0.39, 0.29) is 6.04 Å². The van der Waals surface area contributed by atoms with Gasteiger partial charge in [-0.1, -0.05) is 26.0 Å². The quantitative estimate of drug-likeness (QED) is 0.819. The van der Waals surface area contributed by atoms with Gasteiger partial charge in [0.25, 0.3) is 0 Å². The lowest BCUT2D eigenvalue weighted by Crippen LogP contribution is -2.14. The molecule has 0 saturated carbocycles. The second kappa shape index (κ2) is 6.65. The van der Waals surface area contributed by atoms with Crippen molar-refractivity contribution in [2.45, 2.75) is 52.0 Å². The molecule has 0 amide bonds. The van der Waals surface area contributed by atoms with Crippen LogP contribution in [0.25, 0.3) is 0 Å². The Morgan fingerprint density at radius 2 is 1.94 bits per heavy atom. The average Bonchev–Trinajstić information content (AvgIpc) is 2.28. The van der Waals surface area contributed by atoms with E-state index in [0.717, 1.165) is 25.0 Å². The van der Waals surface area contributed by atoms with Gasteiger partial charge in [0, 0.05) is 6.04 Å².